The Morgan fingerprint density at radius 2 is 2.44 bits per heavy atom. The third-order valence-corrected chi connectivity index (χ3v) is 3.54. The van der Waals surface area contributed by atoms with Gasteiger partial charge in [0.1, 0.15) is 11.8 Å². The zero-order valence-corrected chi connectivity index (χ0v) is 11.2. The van der Waals surface area contributed by atoms with Crippen LogP contribution in [0.25, 0.3) is 0 Å². The molecular formula is C13H25N3O2. The van der Waals surface area contributed by atoms with Crippen LogP contribution in [0, 0.1) is 0 Å². The summed E-state index contributed by atoms with van der Waals surface area (Å²) in [5.41, 5.74) is 2.86. The number of nitrogens with one attached hydrogen (secondary N) is 1. The molecular weight excluding hydrogens is 230 g/mol. The van der Waals surface area contributed by atoms with Gasteiger partial charge in [0, 0.05) is 13.1 Å². The van der Waals surface area contributed by atoms with Crippen molar-refractivity contribution >= 4 is 0 Å². The normalized spacial score (nSPS) is 27.4. The van der Waals surface area contributed by atoms with Crippen LogP contribution in [-0.2, 0) is 9.47 Å². The van der Waals surface area contributed by atoms with Crippen LogP contribution in [0.2, 0.25) is 0 Å². The number of morpholine rings is 1. The molecule has 0 saturated carbocycles. The lowest BCUT2D eigenvalue weighted by molar-refractivity contribution is -0.0497. The van der Waals surface area contributed by atoms with E-state index in [1.54, 1.807) is 0 Å². The number of rotatable bonds is 5. The van der Waals surface area contributed by atoms with Gasteiger partial charge in [-0.15, -0.1) is 0 Å². The highest BCUT2D eigenvalue weighted by Gasteiger charge is 2.31. The van der Waals surface area contributed by atoms with E-state index in [2.05, 4.69) is 23.3 Å². The standard InChI is InChI=1S/C13H25N3O2/c1-2-6-16-7-9-18-12(10-16)13(15-14)11-5-3-4-8-17-11/h5,12-13,15H,2-4,6-10,14H2,1H3. The predicted octanol–water partition coefficient (Wildman–Crippen LogP) is 0.623. The van der Waals surface area contributed by atoms with Crippen LogP contribution in [0.3, 0.4) is 0 Å². The first-order valence-corrected chi connectivity index (χ1v) is 6.98. The minimum atomic E-state index is -0.0232. The quantitative estimate of drug-likeness (QED) is 0.557. The first-order valence-electron chi connectivity index (χ1n) is 6.98. The minimum absolute atomic E-state index is 0.0232. The molecule has 0 radical (unpaired) electrons. The van der Waals surface area contributed by atoms with E-state index in [-0.39, 0.29) is 12.1 Å². The minimum Gasteiger partial charge on any atom is -0.496 e. The van der Waals surface area contributed by atoms with Gasteiger partial charge in [0.2, 0.25) is 0 Å². The maximum absolute atomic E-state index is 5.86. The summed E-state index contributed by atoms with van der Waals surface area (Å²) in [5.74, 6) is 6.64. The van der Waals surface area contributed by atoms with Gasteiger partial charge in [-0.3, -0.25) is 10.7 Å². The summed E-state index contributed by atoms with van der Waals surface area (Å²) in [6, 6.07) is -0.0232. The second-order valence-electron chi connectivity index (χ2n) is 4.95. The molecule has 1 saturated heterocycles. The van der Waals surface area contributed by atoms with Gasteiger partial charge in [-0.25, -0.2) is 5.43 Å². The monoisotopic (exact) mass is 255 g/mol. The largest absolute Gasteiger partial charge is 0.496 e. The zero-order valence-electron chi connectivity index (χ0n) is 11.2. The van der Waals surface area contributed by atoms with Gasteiger partial charge in [-0.2, -0.15) is 0 Å². The van der Waals surface area contributed by atoms with Crippen molar-refractivity contribution in [3.63, 3.8) is 0 Å². The maximum atomic E-state index is 5.86. The van der Waals surface area contributed by atoms with Gasteiger partial charge >= 0.3 is 0 Å². The van der Waals surface area contributed by atoms with Gasteiger partial charge in [-0.05, 0) is 31.9 Å². The van der Waals surface area contributed by atoms with Crippen LogP contribution in [0.15, 0.2) is 11.8 Å². The molecule has 104 valence electrons. The Morgan fingerprint density at radius 3 is 3.11 bits per heavy atom. The number of allylic oxidation sites excluding steroid dienone is 1. The molecule has 5 heteroatoms. The molecule has 2 aliphatic heterocycles. The molecule has 2 unspecified atom stereocenters. The molecule has 0 amide bonds. The van der Waals surface area contributed by atoms with Crippen LogP contribution < -0.4 is 11.3 Å². The summed E-state index contributed by atoms with van der Waals surface area (Å²) in [7, 11) is 0. The van der Waals surface area contributed by atoms with Crippen molar-refractivity contribution in [2.24, 2.45) is 5.84 Å². The van der Waals surface area contributed by atoms with Crippen molar-refractivity contribution in [3.8, 4) is 0 Å². The lowest BCUT2D eigenvalue weighted by Crippen LogP contribution is -2.55. The fourth-order valence-electron chi connectivity index (χ4n) is 2.62. The summed E-state index contributed by atoms with van der Waals surface area (Å²) < 4.78 is 11.6. The van der Waals surface area contributed by atoms with Crippen molar-refractivity contribution in [3.05, 3.63) is 11.8 Å². The zero-order chi connectivity index (χ0) is 12.8. The highest BCUT2D eigenvalue weighted by molar-refractivity contribution is 5.09. The molecule has 0 aromatic heterocycles. The van der Waals surface area contributed by atoms with E-state index >= 15 is 0 Å². The molecule has 2 aliphatic rings. The smallest absolute Gasteiger partial charge is 0.113 e. The third kappa shape index (κ3) is 3.45. The number of hydrogen-bond acceptors (Lipinski definition) is 5. The van der Waals surface area contributed by atoms with E-state index < -0.39 is 0 Å². The van der Waals surface area contributed by atoms with Gasteiger partial charge in [0.05, 0.1) is 19.3 Å². The van der Waals surface area contributed by atoms with E-state index in [1.807, 2.05) is 0 Å². The van der Waals surface area contributed by atoms with E-state index in [0.717, 1.165) is 51.4 Å². The summed E-state index contributed by atoms with van der Waals surface area (Å²) in [4.78, 5) is 2.43. The maximum Gasteiger partial charge on any atom is 0.113 e. The first kappa shape index (κ1) is 13.8. The van der Waals surface area contributed by atoms with E-state index in [0.29, 0.717) is 0 Å². The van der Waals surface area contributed by atoms with E-state index in [1.165, 1.54) is 6.42 Å². The Morgan fingerprint density at radius 1 is 1.56 bits per heavy atom. The average Bonchev–Trinajstić information content (AvgIpc) is 2.42. The van der Waals surface area contributed by atoms with Gasteiger partial charge in [-0.1, -0.05) is 6.92 Å². The second kappa shape index (κ2) is 7.09. The van der Waals surface area contributed by atoms with Crippen LogP contribution in [0.5, 0.6) is 0 Å². The van der Waals surface area contributed by atoms with Crippen molar-refractivity contribution in [1.29, 1.82) is 0 Å². The molecule has 0 bridgehead atoms. The second-order valence-corrected chi connectivity index (χ2v) is 4.95. The van der Waals surface area contributed by atoms with Crippen molar-refractivity contribution < 1.29 is 9.47 Å². The average molecular weight is 255 g/mol. The fraction of sp³-hybridized carbons (Fsp3) is 0.846. The number of hydrogen-bond donors (Lipinski definition) is 2. The number of hydrazine groups is 1. The molecule has 0 aromatic rings. The third-order valence-electron chi connectivity index (χ3n) is 3.54. The summed E-state index contributed by atoms with van der Waals surface area (Å²) in [6.07, 6.45) is 5.55. The molecule has 0 aromatic carbocycles. The van der Waals surface area contributed by atoms with Gasteiger partial charge in [0.15, 0.2) is 0 Å². The lowest BCUT2D eigenvalue weighted by atomic mass is 10.0. The Labute approximate surface area is 109 Å². The first-order chi connectivity index (χ1) is 8.85. The molecule has 2 atom stereocenters. The molecule has 2 rings (SSSR count). The lowest BCUT2D eigenvalue weighted by Gasteiger charge is -2.37. The summed E-state index contributed by atoms with van der Waals surface area (Å²) >= 11 is 0. The van der Waals surface area contributed by atoms with E-state index in [9.17, 15) is 0 Å². The Hall–Kier alpha value is -0.620. The fourth-order valence-corrected chi connectivity index (χ4v) is 2.62. The van der Waals surface area contributed by atoms with E-state index in [4.69, 9.17) is 15.3 Å². The van der Waals surface area contributed by atoms with Gasteiger partial charge in [0.25, 0.3) is 0 Å². The number of nitrogens with zero attached hydrogens (tertiary/aromatic N) is 1. The number of ether oxygens (including phenoxy) is 2. The topological polar surface area (TPSA) is 59.8 Å². The molecule has 18 heavy (non-hydrogen) atoms. The van der Waals surface area contributed by atoms with Crippen molar-refractivity contribution in [2.75, 3.05) is 32.8 Å². The molecule has 1 fully saturated rings. The summed E-state index contributed by atoms with van der Waals surface area (Å²) in [5, 5.41) is 0. The Bertz CT molecular complexity index is 281. The summed E-state index contributed by atoms with van der Waals surface area (Å²) in [6.45, 7) is 6.82. The Kier molecular flexibility index (Phi) is 5.44. The van der Waals surface area contributed by atoms with Crippen LogP contribution in [-0.4, -0.2) is 49.9 Å². The molecule has 0 aliphatic carbocycles. The highest BCUT2D eigenvalue weighted by Crippen LogP contribution is 2.19. The number of nitrogens with two attached hydrogens (primary N) is 1. The molecule has 5 nitrogen and oxygen atoms in total. The molecule has 0 spiro atoms. The van der Waals surface area contributed by atoms with Crippen LogP contribution >= 0.6 is 0 Å². The highest BCUT2D eigenvalue weighted by atomic mass is 16.5. The van der Waals surface area contributed by atoms with Crippen molar-refractivity contribution in [1.82, 2.24) is 10.3 Å². The SMILES string of the molecule is CCCN1CCOC(C(NN)C2=CCCCO2)C1. The Balaban J connectivity index is 1.96. The molecule has 2 heterocycles. The van der Waals surface area contributed by atoms with Crippen LogP contribution in [0.4, 0.5) is 0 Å². The van der Waals surface area contributed by atoms with Crippen molar-refractivity contribution in [2.45, 2.75) is 38.3 Å². The van der Waals surface area contributed by atoms with Gasteiger partial charge < -0.3 is 9.47 Å². The molecule has 3 N–H and O–H groups in total. The van der Waals surface area contributed by atoms with Crippen LogP contribution in [0.1, 0.15) is 26.2 Å². The predicted molar refractivity (Wildman–Crippen MR) is 70.9 cm³/mol.